The standard InChI is InChI=1S/C28H48O/c1-19(2)8-7-9-20(3)24-12-13-25-23-11-10-21-18-22(29-6)14-16-27(21,4)26(23)15-17-28(24,25)5/h10,19-20,22-26H,7-9,11-18H2,1-6H3/t20-,22+,23-,24+,25-,26-,27+,28+/m1/s1. The number of rotatable bonds is 6. The molecule has 8 atom stereocenters. The molecule has 0 bridgehead atoms. The fraction of sp³-hybridized carbons (Fsp3) is 0.929. The van der Waals surface area contributed by atoms with E-state index in [2.05, 4.69) is 40.7 Å². The molecule has 3 saturated carbocycles. The van der Waals surface area contributed by atoms with Crippen LogP contribution in [0.15, 0.2) is 11.6 Å². The molecule has 0 N–H and O–H groups in total. The Hall–Kier alpha value is -0.300. The number of fused-ring (bicyclic) bond motifs is 5. The number of hydrogen-bond donors (Lipinski definition) is 0. The molecular weight excluding hydrogens is 352 g/mol. The Kier molecular flexibility index (Phi) is 6.29. The van der Waals surface area contributed by atoms with E-state index in [1.807, 2.05) is 7.11 Å². The molecule has 3 fully saturated rings. The third-order valence-corrected chi connectivity index (χ3v) is 10.6. The van der Waals surface area contributed by atoms with E-state index in [1.165, 1.54) is 70.6 Å². The quantitative estimate of drug-likeness (QED) is 0.410. The highest BCUT2D eigenvalue weighted by Gasteiger charge is 2.59. The third-order valence-electron chi connectivity index (χ3n) is 10.6. The van der Waals surface area contributed by atoms with E-state index in [9.17, 15) is 0 Å². The molecule has 4 rings (SSSR count). The summed E-state index contributed by atoms with van der Waals surface area (Å²) in [6, 6.07) is 0. The van der Waals surface area contributed by atoms with Crippen molar-refractivity contribution < 1.29 is 4.74 Å². The highest BCUT2D eigenvalue weighted by molar-refractivity contribution is 5.25. The highest BCUT2D eigenvalue weighted by Crippen LogP contribution is 2.67. The van der Waals surface area contributed by atoms with Gasteiger partial charge in [-0.05, 0) is 97.7 Å². The maximum atomic E-state index is 5.75. The zero-order chi connectivity index (χ0) is 20.8. The fourth-order valence-electron chi connectivity index (χ4n) is 8.85. The van der Waals surface area contributed by atoms with Crippen molar-refractivity contribution in [3.63, 3.8) is 0 Å². The SMILES string of the molecule is CO[C@H]1CC[C@@]2(C)C(=CC[C@@H]3[C@H]4CC[C@@H]([C@H](C)CCCC(C)C)[C@]4(C)CC[C@H]32)C1. The van der Waals surface area contributed by atoms with Crippen LogP contribution < -0.4 is 0 Å². The van der Waals surface area contributed by atoms with Gasteiger partial charge in [0.05, 0.1) is 6.10 Å². The van der Waals surface area contributed by atoms with Crippen LogP contribution in [-0.2, 0) is 4.74 Å². The van der Waals surface area contributed by atoms with E-state index < -0.39 is 0 Å². The van der Waals surface area contributed by atoms with Crippen LogP contribution in [0.25, 0.3) is 0 Å². The summed E-state index contributed by atoms with van der Waals surface area (Å²) in [7, 11) is 1.91. The summed E-state index contributed by atoms with van der Waals surface area (Å²) in [5.74, 6) is 5.63. The lowest BCUT2D eigenvalue weighted by Crippen LogP contribution is -2.50. The molecule has 0 aromatic carbocycles. The van der Waals surface area contributed by atoms with Crippen LogP contribution in [0.5, 0.6) is 0 Å². The smallest absolute Gasteiger partial charge is 0.0608 e. The van der Waals surface area contributed by atoms with Crippen LogP contribution in [0.1, 0.15) is 105 Å². The Bertz CT molecular complexity index is 605. The molecule has 0 spiro atoms. The molecule has 0 aliphatic heterocycles. The van der Waals surface area contributed by atoms with Gasteiger partial charge in [-0.2, -0.15) is 0 Å². The fourth-order valence-corrected chi connectivity index (χ4v) is 8.85. The first-order valence-corrected chi connectivity index (χ1v) is 13.0. The van der Waals surface area contributed by atoms with Crippen LogP contribution in [0.4, 0.5) is 0 Å². The molecule has 1 nitrogen and oxygen atoms in total. The molecule has 0 aromatic heterocycles. The van der Waals surface area contributed by atoms with Gasteiger partial charge < -0.3 is 4.74 Å². The highest BCUT2D eigenvalue weighted by atomic mass is 16.5. The molecular formula is C28H48O. The Morgan fingerprint density at radius 1 is 1.00 bits per heavy atom. The monoisotopic (exact) mass is 400 g/mol. The summed E-state index contributed by atoms with van der Waals surface area (Å²) < 4.78 is 5.75. The molecule has 0 amide bonds. The molecule has 0 radical (unpaired) electrons. The topological polar surface area (TPSA) is 9.23 Å². The summed E-state index contributed by atoms with van der Waals surface area (Å²) in [6.45, 7) is 12.7. The number of hydrogen-bond acceptors (Lipinski definition) is 1. The Morgan fingerprint density at radius 2 is 1.79 bits per heavy atom. The van der Waals surface area contributed by atoms with E-state index in [-0.39, 0.29) is 0 Å². The molecule has 0 aromatic rings. The first-order chi connectivity index (χ1) is 13.8. The van der Waals surface area contributed by atoms with Crippen molar-refractivity contribution in [2.45, 2.75) is 111 Å². The van der Waals surface area contributed by atoms with Gasteiger partial charge in [0.25, 0.3) is 0 Å². The van der Waals surface area contributed by atoms with Crippen LogP contribution >= 0.6 is 0 Å². The third kappa shape index (κ3) is 3.77. The summed E-state index contributed by atoms with van der Waals surface area (Å²) >= 11 is 0. The molecule has 29 heavy (non-hydrogen) atoms. The maximum absolute atomic E-state index is 5.75. The number of allylic oxidation sites excluding steroid dienone is 1. The zero-order valence-electron chi connectivity index (χ0n) is 20.3. The van der Waals surface area contributed by atoms with E-state index in [1.54, 1.807) is 5.57 Å². The average Bonchev–Trinajstić information content (AvgIpc) is 3.04. The molecule has 4 aliphatic carbocycles. The average molecular weight is 401 g/mol. The minimum Gasteiger partial charge on any atom is -0.381 e. The van der Waals surface area contributed by atoms with Gasteiger partial charge in [-0.15, -0.1) is 0 Å². The summed E-state index contributed by atoms with van der Waals surface area (Å²) in [6.07, 6.45) is 18.7. The summed E-state index contributed by atoms with van der Waals surface area (Å²) in [5, 5.41) is 0. The zero-order valence-corrected chi connectivity index (χ0v) is 20.3. The Labute approximate surface area is 181 Å². The van der Waals surface area contributed by atoms with Crippen molar-refractivity contribution in [1.29, 1.82) is 0 Å². The minimum absolute atomic E-state index is 0.472. The second-order valence-corrected chi connectivity index (χ2v) is 12.4. The van der Waals surface area contributed by atoms with Gasteiger partial charge in [-0.1, -0.05) is 65.5 Å². The normalized spacial score (nSPS) is 45.3. The Morgan fingerprint density at radius 3 is 2.52 bits per heavy atom. The summed E-state index contributed by atoms with van der Waals surface area (Å²) in [5.41, 5.74) is 2.85. The minimum atomic E-state index is 0.472. The van der Waals surface area contributed by atoms with Gasteiger partial charge in [-0.25, -0.2) is 0 Å². The van der Waals surface area contributed by atoms with Gasteiger partial charge in [0.15, 0.2) is 0 Å². The molecule has 0 unspecified atom stereocenters. The predicted octanol–water partition coefficient (Wildman–Crippen LogP) is 8.04. The van der Waals surface area contributed by atoms with Crippen LogP contribution in [-0.4, -0.2) is 13.2 Å². The predicted molar refractivity (Wildman–Crippen MR) is 124 cm³/mol. The maximum Gasteiger partial charge on any atom is 0.0608 e. The lowest BCUT2D eigenvalue weighted by atomic mass is 9.47. The van der Waals surface area contributed by atoms with E-state index in [0.717, 1.165) is 35.5 Å². The van der Waals surface area contributed by atoms with Crippen LogP contribution in [0.3, 0.4) is 0 Å². The lowest BCUT2D eigenvalue weighted by Gasteiger charge is -2.58. The Balaban J connectivity index is 1.48. The molecule has 0 heterocycles. The molecule has 4 aliphatic rings. The summed E-state index contributed by atoms with van der Waals surface area (Å²) in [4.78, 5) is 0. The van der Waals surface area contributed by atoms with Crippen molar-refractivity contribution in [3.8, 4) is 0 Å². The van der Waals surface area contributed by atoms with Gasteiger partial charge in [0.1, 0.15) is 0 Å². The number of methoxy groups -OCH3 is 1. The van der Waals surface area contributed by atoms with Crippen molar-refractivity contribution in [2.75, 3.05) is 7.11 Å². The van der Waals surface area contributed by atoms with Crippen molar-refractivity contribution >= 4 is 0 Å². The van der Waals surface area contributed by atoms with E-state index >= 15 is 0 Å². The van der Waals surface area contributed by atoms with E-state index in [4.69, 9.17) is 4.74 Å². The van der Waals surface area contributed by atoms with Crippen LogP contribution in [0.2, 0.25) is 0 Å². The van der Waals surface area contributed by atoms with Crippen molar-refractivity contribution in [1.82, 2.24) is 0 Å². The largest absolute Gasteiger partial charge is 0.381 e. The van der Waals surface area contributed by atoms with Crippen LogP contribution in [0, 0.1) is 46.3 Å². The second-order valence-electron chi connectivity index (χ2n) is 12.4. The number of ether oxygens (including phenoxy) is 1. The van der Waals surface area contributed by atoms with Crippen molar-refractivity contribution in [3.05, 3.63) is 11.6 Å². The van der Waals surface area contributed by atoms with Gasteiger partial charge in [-0.3, -0.25) is 0 Å². The second kappa shape index (κ2) is 8.33. The molecule has 0 saturated heterocycles. The van der Waals surface area contributed by atoms with Crippen molar-refractivity contribution in [2.24, 2.45) is 46.3 Å². The lowest BCUT2D eigenvalue weighted by molar-refractivity contribution is -0.0601. The van der Waals surface area contributed by atoms with Gasteiger partial charge in [0, 0.05) is 7.11 Å². The van der Waals surface area contributed by atoms with Gasteiger partial charge >= 0.3 is 0 Å². The first-order valence-electron chi connectivity index (χ1n) is 13.0. The van der Waals surface area contributed by atoms with Gasteiger partial charge in [0.2, 0.25) is 0 Å². The first kappa shape index (κ1) is 21.9. The molecule has 1 heteroatoms. The molecule has 166 valence electrons. The van der Waals surface area contributed by atoms with E-state index in [0.29, 0.717) is 16.9 Å².